The van der Waals surface area contributed by atoms with Crippen LogP contribution in [0.4, 0.5) is 0 Å². The second-order valence-electron chi connectivity index (χ2n) is 28.6. The molecule has 4 heterocycles. The molecule has 113 heavy (non-hydrogen) atoms. The van der Waals surface area contributed by atoms with Gasteiger partial charge in [0.25, 0.3) is 0 Å². The van der Waals surface area contributed by atoms with Crippen LogP contribution in [0.15, 0.2) is 425 Å². The Morgan fingerprint density at radius 1 is 0.212 bits per heavy atom. The second-order valence-corrected chi connectivity index (χ2v) is 28.6. The van der Waals surface area contributed by atoms with Gasteiger partial charge in [0.15, 0.2) is 11.6 Å². The molecule has 0 unspecified atom stereocenters. The van der Waals surface area contributed by atoms with E-state index in [0.29, 0.717) is 11.6 Å². The standard InChI is InChI=1S/C55H37N4.C51H33N3/c1-3-13-38(14-4-1)39-23-29-43(30-24-39)55-56-52(41-27-25-40(26-28-41)51-35-44-15-7-9-19-48(44)49-20-10-11-21-50(49)51)36-53(57-55)42-31-33-46(34-32-42)58-37-45-16-8-12-22-54(45)59(58)47-17-5-2-6-18-47;1-4-17-44-35(10-1)13-8-19-46(44)37-24-28-39(29-25-37)50-32-49(38-26-22-34(23-27-38)43-31-41-12-3-6-21-48(41)52-33-43)53-51(54-50)42-16-7-15-40(30-42)47-20-9-14-36-11-2-5-18-45(36)47/h1-37H;1-33H/q+1;. The second kappa shape index (κ2) is 29.4. The van der Waals surface area contributed by atoms with Gasteiger partial charge in [0, 0.05) is 62.7 Å². The van der Waals surface area contributed by atoms with E-state index >= 15 is 0 Å². The smallest absolute Gasteiger partial charge is 0.236 e. The first-order valence-electron chi connectivity index (χ1n) is 38.2. The van der Waals surface area contributed by atoms with Gasteiger partial charge in [0.05, 0.1) is 33.7 Å². The monoisotopic (exact) mass is 1440 g/mol. The Labute approximate surface area is 654 Å². The predicted molar refractivity (Wildman–Crippen MR) is 468 cm³/mol. The number of nitrogens with zero attached hydrogens (tertiary/aromatic N) is 7. The molecule has 4 aromatic heterocycles. The van der Waals surface area contributed by atoms with Crippen LogP contribution in [0.1, 0.15) is 0 Å². The van der Waals surface area contributed by atoms with Gasteiger partial charge in [-0.05, 0) is 166 Å². The van der Waals surface area contributed by atoms with E-state index in [1.165, 1.54) is 81.9 Å². The maximum absolute atomic E-state index is 5.22. The molecule has 17 aromatic carbocycles. The normalized spacial score (nSPS) is 11.4. The van der Waals surface area contributed by atoms with Crippen LogP contribution >= 0.6 is 0 Å². The van der Waals surface area contributed by atoms with Crippen molar-refractivity contribution >= 4 is 64.9 Å². The molecule has 0 radical (unpaired) electrons. The number of rotatable bonds is 13. The molecule has 0 atom stereocenters. The molecular formula is C106H70N7+. The summed E-state index contributed by atoms with van der Waals surface area (Å²) in [4.78, 5) is 25.6. The van der Waals surface area contributed by atoms with Gasteiger partial charge < -0.3 is 0 Å². The Bertz CT molecular complexity index is 7110. The number of aromatic nitrogens is 7. The lowest BCUT2D eigenvalue weighted by Crippen LogP contribution is -2.39. The van der Waals surface area contributed by atoms with Crippen molar-refractivity contribution in [3.8, 4) is 135 Å². The summed E-state index contributed by atoms with van der Waals surface area (Å²) in [5, 5.41) is 12.2. The summed E-state index contributed by atoms with van der Waals surface area (Å²) >= 11 is 0. The zero-order chi connectivity index (χ0) is 75.0. The van der Waals surface area contributed by atoms with Crippen LogP contribution in [0, 0.1) is 0 Å². The first-order chi connectivity index (χ1) is 56.0. The third-order valence-electron chi connectivity index (χ3n) is 21.6. The molecule has 0 amide bonds. The molecule has 21 aromatic rings. The summed E-state index contributed by atoms with van der Waals surface area (Å²) in [5.74, 6) is 1.37. The lowest BCUT2D eigenvalue weighted by atomic mass is 9.93. The fraction of sp³-hybridized carbons (Fsp3) is 0. The Morgan fingerprint density at radius 3 is 1.22 bits per heavy atom. The fourth-order valence-electron chi connectivity index (χ4n) is 15.9. The molecule has 0 spiro atoms. The molecule has 0 aliphatic carbocycles. The van der Waals surface area contributed by atoms with Crippen molar-refractivity contribution in [1.29, 1.82) is 0 Å². The lowest BCUT2D eigenvalue weighted by molar-refractivity contribution is -0.672. The van der Waals surface area contributed by atoms with Crippen LogP contribution in [0.25, 0.3) is 200 Å². The molecule has 7 heteroatoms. The van der Waals surface area contributed by atoms with Crippen molar-refractivity contribution in [3.63, 3.8) is 0 Å². The summed E-state index contributed by atoms with van der Waals surface area (Å²) in [6.45, 7) is 0. The number of hydrogen-bond acceptors (Lipinski definition) is 5. The minimum Gasteiger partial charge on any atom is -0.256 e. The van der Waals surface area contributed by atoms with Gasteiger partial charge in [-0.25, -0.2) is 19.9 Å². The highest BCUT2D eigenvalue weighted by Crippen LogP contribution is 2.40. The van der Waals surface area contributed by atoms with Gasteiger partial charge in [0.1, 0.15) is 11.2 Å². The third kappa shape index (κ3) is 13.3. The third-order valence-corrected chi connectivity index (χ3v) is 21.6. The topological polar surface area (TPSA) is 73.3 Å². The maximum atomic E-state index is 5.22. The van der Waals surface area contributed by atoms with Gasteiger partial charge in [-0.3, -0.25) is 4.98 Å². The Hall–Kier alpha value is -15.2. The minimum atomic E-state index is 0.685. The van der Waals surface area contributed by atoms with Crippen LogP contribution in [0.3, 0.4) is 0 Å². The van der Waals surface area contributed by atoms with Gasteiger partial charge in [-0.15, -0.1) is 4.68 Å². The average Bonchev–Trinajstić information content (AvgIpc) is 1.54. The molecule has 0 saturated carbocycles. The van der Waals surface area contributed by atoms with E-state index in [9.17, 15) is 0 Å². The molecule has 0 saturated heterocycles. The Morgan fingerprint density at radius 2 is 0.611 bits per heavy atom. The Kier molecular flexibility index (Phi) is 17.5. The minimum absolute atomic E-state index is 0.685. The number of pyridine rings is 1. The zero-order valence-electron chi connectivity index (χ0n) is 61.5. The summed E-state index contributed by atoms with van der Waals surface area (Å²) in [7, 11) is 0. The van der Waals surface area contributed by atoms with Gasteiger partial charge in [-0.2, -0.15) is 0 Å². The molecule has 0 aliphatic heterocycles. The quantitative estimate of drug-likeness (QED) is 0.0849. The highest BCUT2D eigenvalue weighted by atomic mass is 15.4. The summed E-state index contributed by atoms with van der Waals surface area (Å²) in [5.41, 5.74) is 25.4. The van der Waals surface area contributed by atoms with Gasteiger partial charge in [-0.1, -0.05) is 332 Å². The number of para-hydroxylation sites is 3. The van der Waals surface area contributed by atoms with E-state index in [1.54, 1.807) is 0 Å². The maximum Gasteiger partial charge on any atom is 0.236 e. The van der Waals surface area contributed by atoms with Crippen molar-refractivity contribution in [1.82, 2.24) is 29.6 Å². The largest absolute Gasteiger partial charge is 0.256 e. The highest BCUT2D eigenvalue weighted by Gasteiger charge is 2.22. The van der Waals surface area contributed by atoms with Crippen molar-refractivity contribution in [2.24, 2.45) is 0 Å². The molecule has 528 valence electrons. The fourth-order valence-corrected chi connectivity index (χ4v) is 15.9. The Balaban J connectivity index is 0.000000147. The molecule has 7 nitrogen and oxygen atoms in total. The van der Waals surface area contributed by atoms with E-state index < -0.39 is 0 Å². The highest BCUT2D eigenvalue weighted by molar-refractivity contribution is 6.14. The predicted octanol–water partition coefficient (Wildman–Crippen LogP) is 26.7. The molecule has 0 fully saturated rings. The molecule has 0 N–H and O–H groups in total. The van der Waals surface area contributed by atoms with Crippen molar-refractivity contribution < 1.29 is 4.68 Å². The van der Waals surface area contributed by atoms with Crippen LogP contribution in [-0.4, -0.2) is 29.6 Å². The first-order valence-corrected chi connectivity index (χ1v) is 38.2. The van der Waals surface area contributed by atoms with E-state index in [4.69, 9.17) is 24.9 Å². The van der Waals surface area contributed by atoms with Gasteiger partial charge in [0.2, 0.25) is 11.9 Å². The number of benzene rings is 17. The molecular weight excluding hydrogens is 1370 g/mol. The molecule has 0 bridgehead atoms. The lowest BCUT2D eigenvalue weighted by Gasteiger charge is -2.13. The van der Waals surface area contributed by atoms with Crippen LogP contribution in [-0.2, 0) is 0 Å². The van der Waals surface area contributed by atoms with Crippen LogP contribution in [0.5, 0.6) is 0 Å². The van der Waals surface area contributed by atoms with Crippen molar-refractivity contribution in [3.05, 3.63) is 425 Å². The summed E-state index contributed by atoms with van der Waals surface area (Å²) in [6, 6.07) is 146. The zero-order valence-corrected chi connectivity index (χ0v) is 61.5. The first kappa shape index (κ1) is 67.2. The number of hydrogen-bond donors (Lipinski definition) is 0. The van der Waals surface area contributed by atoms with E-state index in [1.807, 2.05) is 24.4 Å². The van der Waals surface area contributed by atoms with E-state index in [0.717, 1.165) is 106 Å². The van der Waals surface area contributed by atoms with E-state index in [2.05, 4.69) is 410 Å². The number of fused-ring (bicyclic) bond motifs is 7. The molecule has 21 rings (SSSR count). The SMILES string of the molecule is c1cc(-c2nc(-c3ccc(-c4cnc5ccccc5c4)cc3)cc(-c3ccc(-c4cccc5ccccc45)cc3)n2)cc(-c2cccc3ccccc23)c1.c1ccc(-c2ccc(-c3nc(-c4ccc(-c5cc6ccccc6c6ccccc56)cc4)cc(-c4ccc(-[n+]5cc6ccccc6n5-c5ccccc5)cc4)n3)cc2)cc1. The summed E-state index contributed by atoms with van der Waals surface area (Å²) < 4.78 is 4.48. The van der Waals surface area contributed by atoms with E-state index in [-0.39, 0.29) is 0 Å². The summed E-state index contributed by atoms with van der Waals surface area (Å²) in [6.07, 6.45) is 4.14. The van der Waals surface area contributed by atoms with Gasteiger partial charge >= 0.3 is 0 Å². The van der Waals surface area contributed by atoms with Crippen LogP contribution < -0.4 is 4.68 Å². The molecule has 0 aliphatic rings. The van der Waals surface area contributed by atoms with Crippen LogP contribution in [0.2, 0.25) is 0 Å². The average molecular weight is 1440 g/mol. The van der Waals surface area contributed by atoms with Crippen molar-refractivity contribution in [2.45, 2.75) is 0 Å². The van der Waals surface area contributed by atoms with Crippen molar-refractivity contribution in [2.75, 3.05) is 0 Å².